The van der Waals surface area contributed by atoms with Gasteiger partial charge < -0.3 is 10.6 Å². The van der Waals surface area contributed by atoms with Gasteiger partial charge in [-0.2, -0.15) is 0 Å². The van der Waals surface area contributed by atoms with Gasteiger partial charge in [0.1, 0.15) is 11.6 Å². The van der Waals surface area contributed by atoms with E-state index in [9.17, 15) is 9.18 Å². The number of carbonyl (C=O) groups is 1. The second-order valence-corrected chi connectivity index (χ2v) is 6.08. The Morgan fingerprint density at radius 3 is 2.48 bits per heavy atom. The van der Waals surface area contributed by atoms with Crippen molar-refractivity contribution in [3.05, 3.63) is 72.2 Å². The molecule has 2 N–H and O–H groups in total. The third-order valence-corrected chi connectivity index (χ3v) is 3.99. The van der Waals surface area contributed by atoms with Crippen LogP contribution in [-0.2, 0) is 0 Å². The molecule has 0 unspecified atom stereocenters. The Labute approximate surface area is 157 Å². The van der Waals surface area contributed by atoms with Gasteiger partial charge in [0.15, 0.2) is 5.82 Å². The van der Waals surface area contributed by atoms with E-state index in [-0.39, 0.29) is 11.7 Å². The predicted molar refractivity (Wildman–Crippen MR) is 104 cm³/mol. The summed E-state index contributed by atoms with van der Waals surface area (Å²) in [5, 5.41) is 6.08. The van der Waals surface area contributed by atoms with E-state index in [1.54, 1.807) is 36.5 Å². The lowest BCUT2D eigenvalue weighted by molar-refractivity contribution is 0.0953. The van der Waals surface area contributed by atoms with Crippen LogP contribution in [0.2, 0.25) is 0 Å². The van der Waals surface area contributed by atoms with Gasteiger partial charge in [-0.25, -0.2) is 14.4 Å². The highest BCUT2D eigenvalue weighted by Crippen LogP contribution is 2.19. The molecular formula is C21H21FN4O. The summed E-state index contributed by atoms with van der Waals surface area (Å²) in [4.78, 5) is 20.7. The molecule has 0 radical (unpaired) electrons. The van der Waals surface area contributed by atoms with E-state index in [1.165, 1.54) is 12.1 Å². The minimum Gasteiger partial charge on any atom is -0.352 e. The normalized spacial score (nSPS) is 10.4. The molecule has 5 nitrogen and oxygen atoms in total. The minimum absolute atomic E-state index is 0.0735. The molecule has 0 aliphatic carbocycles. The van der Waals surface area contributed by atoms with E-state index in [0.717, 1.165) is 24.1 Å². The zero-order chi connectivity index (χ0) is 19.1. The van der Waals surface area contributed by atoms with Crippen molar-refractivity contribution in [2.24, 2.45) is 0 Å². The summed E-state index contributed by atoms with van der Waals surface area (Å²) in [6.07, 6.45) is 3.65. The molecule has 0 aliphatic rings. The first kappa shape index (κ1) is 18.5. The van der Waals surface area contributed by atoms with Crippen molar-refractivity contribution in [1.29, 1.82) is 0 Å². The van der Waals surface area contributed by atoms with E-state index in [2.05, 4.69) is 27.5 Å². The van der Waals surface area contributed by atoms with Gasteiger partial charge >= 0.3 is 0 Å². The molecule has 27 heavy (non-hydrogen) atoms. The van der Waals surface area contributed by atoms with Crippen molar-refractivity contribution in [1.82, 2.24) is 15.3 Å². The zero-order valence-electron chi connectivity index (χ0n) is 15.1. The van der Waals surface area contributed by atoms with Gasteiger partial charge in [0.05, 0.1) is 0 Å². The topological polar surface area (TPSA) is 66.9 Å². The molecule has 1 amide bonds. The van der Waals surface area contributed by atoms with Crippen molar-refractivity contribution in [2.75, 3.05) is 11.9 Å². The third-order valence-electron chi connectivity index (χ3n) is 3.99. The summed E-state index contributed by atoms with van der Waals surface area (Å²) in [6.45, 7) is 2.77. The van der Waals surface area contributed by atoms with Crippen molar-refractivity contribution in [3.63, 3.8) is 0 Å². The molecule has 0 saturated carbocycles. The van der Waals surface area contributed by atoms with E-state index in [4.69, 9.17) is 0 Å². The first-order valence-corrected chi connectivity index (χ1v) is 8.90. The summed E-state index contributed by atoms with van der Waals surface area (Å²) in [6, 6.07) is 15.0. The average Bonchev–Trinajstić information content (AvgIpc) is 2.69. The molecule has 0 aliphatic heterocycles. The molecule has 0 fully saturated rings. The zero-order valence-corrected chi connectivity index (χ0v) is 15.1. The number of anilines is 2. The molecule has 3 aromatic rings. The Bertz CT molecular complexity index is 895. The molecule has 138 valence electrons. The number of benzene rings is 2. The quantitative estimate of drug-likeness (QED) is 0.603. The van der Waals surface area contributed by atoms with Crippen LogP contribution in [0.5, 0.6) is 0 Å². The Balaban J connectivity index is 1.67. The molecule has 1 heterocycles. The number of hydrogen-bond donors (Lipinski definition) is 2. The number of aromatic nitrogens is 2. The van der Waals surface area contributed by atoms with Crippen LogP contribution in [0, 0.1) is 5.82 Å². The van der Waals surface area contributed by atoms with Crippen LogP contribution in [0.3, 0.4) is 0 Å². The molecular weight excluding hydrogens is 343 g/mol. The number of nitrogens with zero attached hydrogens (tertiary/aromatic N) is 2. The van der Waals surface area contributed by atoms with Crippen molar-refractivity contribution >= 4 is 17.4 Å². The molecule has 3 rings (SSSR count). The van der Waals surface area contributed by atoms with E-state index in [0.29, 0.717) is 23.8 Å². The third kappa shape index (κ3) is 5.10. The van der Waals surface area contributed by atoms with Gasteiger partial charge in [0.25, 0.3) is 5.91 Å². The number of rotatable bonds is 7. The summed E-state index contributed by atoms with van der Waals surface area (Å²) >= 11 is 0. The Morgan fingerprint density at radius 1 is 1.04 bits per heavy atom. The lowest BCUT2D eigenvalue weighted by atomic mass is 10.2. The van der Waals surface area contributed by atoms with Crippen LogP contribution in [0.4, 0.5) is 15.9 Å². The molecule has 0 bridgehead atoms. The molecule has 0 saturated heterocycles. The highest BCUT2D eigenvalue weighted by molar-refractivity contribution is 5.94. The van der Waals surface area contributed by atoms with Crippen LogP contribution >= 0.6 is 0 Å². The van der Waals surface area contributed by atoms with Gasteiger partial charge in [0.2, 0.25) is 0 Å². The maximum absolute atomic E-state index is 13.1. The fourth-order valence-electron chi connectivity index (χ4n) is 2.50. The molecule has 0 atom stereocenters. The molecule has 2 aromatic carbocycles. The lowest BCUT2D eigenvalue weighted by Crippen LogP contribution is -2.24. The average molecular weight is 364 g/mol. The summed E-state index contributed by atoms with van der Waals surface area (Å²) < 4.78 is 13.1. The maximum atomic E-state index is 13.1. The van der Waals surface area contributed by atoms with Crippen LogP contribution in [-0.4, -0.2) is 22.4 Å². The first-order chi connectivity index (χ1) is 13.2. The number of nitrogens with one attached hydrogen (secondary N) is 2. The fourth-order valence-corrected chi connectivity index (χ4v) is 2.50. The number of hydrogen-bond acceptors (Lipinski definition) is 4. The maximum Gasteiger partial charge on any atom is 0.251 e. The summed E-state index contributed by atoms with van der Waals surface area (Å²) in [7, 11) is 0. The largest absolute Gasteiger partial charge is 0.352 e. The summed E-state index contributed by atoms with van der Waals surface area (Å²) in [5.41, 5.74) is 2.16. The van der Waals surface area contributed by atoms with E-state index in [1.807, 2.05) is 12.1 Å². The molecule has 6 heteroatoms. The highest BCUT2D eigenvalue weighted by Gasteiger charge is 2.06. The monoisotopic (exact) mass is 364 g/mol. The molecule has 1 aromatic heterocycles. The SMILES string of the molecule is CCCCNC(=O)c1ccc(Nc2ccnc(-c3ccc(F)cc3)n2)cc1. The summed E-state index contributed by atoms with van der Waals surface area (Å²) in [5.74, 6) is 0.749. The Kier molecular flexibility index (Phi) is 6.10. The second kappa shape index (κ2) is 8.89. The van der Waals surface area contributed by atoms with Crippen molar-refractivity contribution in [3.8, 4) is 11.4 Å². The number of carbonyl (C=O) groups excluding carboxylic acids is 1. The number of amides is 1. The van der Waals surface area contributed by atoms with E-state index >= 15 is 0 Å². The smallest absolute Gasteiger partial charge is 0.251 e. The van der Waals surface area contributed by atoms with Gasteiger partial charge in [-0.15, -0.1) is 0 Å². The second-order valence-electron chi connectivity index (χ2n) is 6.08. The van der Waals surface area contributed by atoms with Gasteiger partial charge in [-0.3, -0.25) is 4.79 Å². The number of halogens is 1. The van der Waals surface area contributed by atoms with Crippen LogP contribution in [0.15, 0.2) is 60.8 Å². The van der Waals surface area contributed by atoms with Crippen molar-refractivity contribution in [2.45, 2.75) is 19.8 Å². The molecule has 0 spiro atoms. The lowest BCUT2D eigenvalue weighted by Gasteiger charge is -2.08. The predicted octanol–water partition coefficient (Wildman–Crippen LogP) is 4.56. The highest BCUT2D eigenvalue weighted by atomic mass is 19.1. The van der Waals surface area contributed by atoms with Crippen molar-refractivity contribution < 1.29 is 9.18 Å². The Hall–Kier alpha value is -3.28. The standard InChI is InChI=1S/C21H21FN4O/c1-2-3-13-24-21(27)16-6-10-18(11-7-16)25-19-12-14-23-20(26-19)15-4-8-17(22)9-5-15/h4-12,14H,2-3,13H2,1H3,(H,24,27)(H,23,25,26). The minimum atomic E-state index is -0.299. The van der Waals surface area contributed by atoms with E-state index < -0.39 is 0 Å². The van der Waals surface area contributed by atoms with Gasteiger partial charge in [-0.1, -0.05) is 13.3 Å². The van der Waals surface area contributed by atoms with Gasteiger partial charge in [0, 0.05) is 29.6 Å². The fraction of sp³-hybridized carbons (Fsp3) is 0.190. The van der Waals surface area contributed by atoms with Crippen LogP contribution in [0.1, 0.15) is 30.1 Å². The Morgan fingerprint density at radius 2 is 1.78 bits per heavy atom. The number of unbranched alkanes of at least 4 members (excludes halogenated alkanes) is 1. The van der Waals surface area contributed by atoms with Gasteiger partial charge in [-0.05, 0) is 61.0 Å². The first-order valence-electron chi connectivity index (χ1n) is 8.90. The van der Waals surface area contributed by atoms with Crippen LogP contribution in [0.25, 0.3) is 11.4 Å². The van der Waals surface area contributed by atoms with Crippen LogP contribution < -0.4 is 10.6 Å².